The molecule has 2 heterocycles. The van der Waals surface area contributed by atoms with E-state index in [1.165, 1.54) is 36.1 Å². The third-order valence-corrected chi connectivity index (χ3v) is 7.12. The van der Waals surface area contributed by atoms with E-state index < -0.39 is 15.9 Å². The first-order valence-corrected chi connectivity index (χ1v) is 11.7. The molecule has 0 aliphatic heterocycles. The van der Waals surface area contributed by atoms with Gasteiger partial charge in [0.25, 0.3) is 15.9 Å². The van der Waals surface area contributed by atoms with Crippen LogP contribution in [0, 0.1) is 0 Å². The first-order valence-electron chi connectivity index (χ1n) is 9.33. The zero-order valence-corrected chi connectivity index (χ0v) is 18.1. The lowest BCUT2D eigenvalue weighted by Crippen LogP contribution is -2.28. The highest BCUT2D eigenvalue weighted by Gasteiger charge is 2.23. The number of carbonyl (C=O) groups excluding carboxylic acids is 1. The van der Waals surface area contributed by atoms with Crippen LogP contribution in [0.4, 0.5) is 0 Å². The Morgan fingerprint density at radius 2 is 1.79 bits per heavy atom. The average molecular weight is 433 g/mol. The summed E-state index contributed by atoms with van der Waals surface area (Å²) in [5.41, 5.74) is 2.20. The number of hydrogen-bond acceptors (Lipinski definition) is 5. The standard InChI is InChI=1S/C21H24N2O4S2/c1-4-14(2)15-7-9-16(10-8-15)20(18-6-5-13-28-18)23-21(24)17-11-12-19(27-17)29(25,26)22-3/h5-14,20,22H,4H2,1-3H3,(H,23,24). The van der Waals surface area contributed by atoms with E-state index in [-0.39, 0.29) is 16.9 Å². The second-order valence-electron chi connectivity index (χ2n) is 6.72. The van der Waals surface area contributed by atoms with E-state index >= 15 is 0 Å². The van der Waals surface area contributed by atoms with Crippen LogP contribution in [-0.4, -0.2) is 21.4 Å². The Bertz CT molecular complexity index is 1050. The number of carbonyl (C=O) groups is 1. The SMILES string of the molecule is CCC(C)c1ccc(C(NC(=O)c2ccc(S(=O)(=O)NC)o2)c2cccs2)cc1. The Balaban J connectivity index is 1.86. The number of sulfonamides is 1. The van der Waals surface area contributed by atoms with Gasteiger partial charge < -0.3 is 9.73 Å². The van der Waals surface area contributed by atoms with Crippen molar-refractivity contribution in [3.8, 4) is 0 Å². The normalized spacial score (nSPS) is 13.8. The van der Waals surface area contributed by atoms with Gasteiger partial charge in [0.05, 0.1) is 6.04 Å². The van der Waals surface area contributed by atoms with Gasteiger partial charge in [0.2, 0.25) is 5.09 Å². The molecule has 1 aromatic carbocycles. The van der Waals surface area contributed by atoms with E-state index in [0.717, 1.165) is 16.9 Å². The number of nitrogens with one attached hydrogen (secondary N) is 2. The minimum atomic E-state index is -3.74. The summed E-state index contributed by atoms with van der Waals surface area (Å²) in [6.07, 6.45) is 1.06. The molecule has 1 amide bonds. The molecule has 0 aliphatic rings. The Kier molecular flexibility index (Phi) is 6.56. The summed E-state index contributed by atoms with van der Waals surface area (Å²) < 4.78 is 31.1. The Morgan fingerprint density at radius 3 is 2.38 bits per heavy atom. The second kappa shape index (κ2) is 8.94. The van der Waals surface area contributed by atoms with Gasteiger partial charge >= 0.3 is 0 Å². The predicted molar refractivity (Wildman–Crippen MR) is 114 cm³/mol. The molecule has 2 unspecified atom stereocenters. The maximum atomic E-state index is 12.8. The van der Waals surface area contributed by atoms with Crippen molar-refractivity contribution in [1.29, 1.82) is 0 Å². The van der Waals surface area contributed by atoms with E-state index in [1.807, 2.05) is 29.6 Å². The average Bonchev–Trinajstić information content (AvgIpc) is 3.44. The van der Waals surface area contributed by atoms with Gasteiger partial charge in [-0.2, -0.15) is 0 Å². The molecule has 8 heteroatoms. The zero-order valence-electron chi connectivity index (χ0n) is 16.5. The van der Waals surface area contributed by atoms with E-state index in [2.05, 4.69) is 36.0 Å². The highest BCUT2D eigenvalue weighted by Crippen LogP contribution is 2.28. The molecule has 3 rings (SSSR count). The minimum absolute atomic E-state index is 0.0587. The maximum absolute atomic E-state index is 12.8. The molecule has 6 nitrogen and oxygen atoms in total. The number of amides is 1. The van der Waals surface area contributed by atoms with Crippen LogP contribution in [0.25, 0.3) is 0 Å². The molecule has 0 aliphatic carbocycles. The summed E-state index contributed by atoms with van der Waals surface area (Å²) in [6, 6.07) is 14.4. The van der Waals surface area contributed by atoms with Crippen LogP contribution < -0.4 is 10.0 Å². The van der Waals surface area contributed by atoms with Crippen molar-refractivity contribution < 1.29 is 17.6 Å². The number of hydrogen-bond donors (Lipinski definition) is 2. The highest BCUT2D eigenvalue weighted by atomic mass is 32.2. The zero-order chi connectivity index (χ0) is 21.0. The Hall–Kier alpha value is -2.42. The number of benzene rings is 1. The van der Waals surface area contributed by atoms with Gasteiger partial charge in [0, 0.05) is 4.88 Å². The fourth-order valence-electron chi connectivity index (χ4n) is 2.92. The highest BCUT2D eigenvalue weighted by molar-refractivity contribution is 7.89. The second-order valence-corrected chi connectivity index (χ2v) is 9.52. The lowest BCUT2D eigenvalue weighted by atomic mass is 9.95. The molecule has 2 atom stereocenters. The molecule has 2 aromatic heterocycles. The van der Waals surface area contributed by atoms with Gasteiger partial charge in [-0.3, -0.25) is 4.79 Å². The number of furan rings is 1. The van der Waals surface area contributed by atoms with E-state index in [9.17, 15) is 13.2 Å². The van der Waals surface area contributed by atoms with Gasteiger partial charge in [0.1, 0.15) is 0 Å². The van der Waals surface area contributed by atoms with Crippen molar-refractivity contribution in [3.05, 3.63) is 75.7 Å². The van der Waals surface area contributed by atoms with Crippen LogP contribution >= 0.6 is 11.3 Å². The quantitative estimate of drug-likeness (QED) is 0.556. The van der Waals surface area contributed by atoms with E-state index in [1.54, 1.807) is 0 Å². The molecule has 154 valence electrons. The molecule has 29 heavy (non-hydrogen) atoms. The molecule has 0 radical (unpaired) electrons. The van der Waals surface area contributed by atoms with Gasteiger partial charge in [-0.25, -0.2) is 13.1 Å². The Labute approximate surface area is 175 Å². The number of rotatable bonds is 8. The minimum Gasteiger partial charge on any atom is -0.438 e. The maximum Gasteiger partial charge on any atom is 0.287 e. The molecule has 0 bridgehead atoms. The van der Waals surface area contributed by atoms with Crippen molar-refractivity contribution in [1.82, 2.24) is 10.0 Å². The monoisotopic (exact) mass is 432 g/mol. The van der Waals surface area contributed by atoms with Gasteiger partial charge in [-0.05, 0) is 54.1 Å². The summed E-state index contributed by atoms with van der Waals surface area (Å²) in [4.78, 5) is 13.7. The molecular weight excluding hydrogens is 408 g/mol. The van der Waals surface area contributed by atoms with Crippen LogP contribution in [0.5, 0.6) is 0 Å². The van der Waals surface area contributed by atoms with Crippen LogP contribution in [0.15, 0.2) is 63.4 Å². The molecule has 0 spiro atoms. The summed E-state index contributed by atoms with van der Waals surface area (Å²) >= 11 is 1.54. The molecule has 0 saturated heterocycles. The van der Waals surface area contributed by atoms with Gasteiger partial charge in [-0.1, -0.05) is 44.2 Å². The third kappa shape index (κ3) is 4.77. The summed E-state index contributed by atoms with van der Waals surface area (Å²) in [5.74, 6) is -0.0712. The molecule has 3 aromatic rings. The van der Waals surface area contributed by atoms with E-state index in [4.69, 9.17) is 4.42 Å². The van der Waals surface area contributed by atoms with Crippen molar-refractivity contribution in [2.45, 2.75) is 37.3 Å². The lowest BCUT2D eigenvalue weighted by molar-refractivity contribution is 0.0910. The van der Waals surface area contributed by atoms with Crippen LogP contribution in [0.1, 0.15) is 58.8 Å². The molecule has 2 N–H and O–H groups in total. The van der Waals surface area contributed by atoms with Crippen molar-refractivity contribution in [2.75, 3.05) is 7.05 Å². The summed E-state index contributed by atoms with van der Waals surface area (Å²) in [5, 5.41) is 4.62. The fourth-order valence-corrected chi connectivity index (χ4v) is 4.37. The van der Waals surface area contributed by atoms with Crippen LogP contribution in [0.2, 0.25) is 0 Å². The molecular formula is C21H24N2O4S2. The van der Waals surface area contributed by atoms with Crippen LogP contribution in [0.3, 0.4) is 0 Å². The van der Waals surface area contributed by atoms with E-state index in [0.29, 0.717) is 5.92 Å². The number of thiophene rings is 1. The summed E-state index contributed by atoms with van der Waals surface area (Å²) in [7, 11) is -2.46. The first-order chi connectivity index (χ1) is 13.9. The summed E-state index contributed by atoms with van der Waals surface area (Å²) in [6.45, 7) is 4.33. The lowest BCUT2D eigenvalue weighted by Gasteiger charge is -2.18. The van der Waals surface area contributed by atoms with Crippen molar-refractivity contribution in [2.24, 2.45) is 0 Å². The van der Waals surface area contributed by atoms with Crippen molar-refractivity contribution in [3.63, 3.8) is 0 Å². The fraction of sp³-hybridized carbons (Fsp3) is 0.286. The molecule has 0 saturated carbocycles. The van der Waals surface area contributed by atoms with Gasteiger partial charge in [-0.15, -0.1) is 11.3 Å². The predicted octanol–water partition coefficient (Wildman–Crippen LogP) is 4.28. The first kappa shape index (κ1) is 21.3. The Morgan fingerprint density at radius 1 is 1.10 bits per heavy atom. The van der Waals surface area contributed by atoms with Crippen LogP contribution in [-0.2, 0) is 10.0 Å². The van der Waals surface area contributed by atoms with Crippen molar-refractivity contribution >= 4 is 27.3 Å². The largest absolute Gasteiger partial charge is 0.438 e. The van der Waals surface area contributed by atoms with Gasteiger partial charge in [0.15, 0.2) is 5.76 Å². The smallest absolute Gasteiger partial charge is 0.287 e. The molecule has 0 fully saturated rings. The topological polar surface area (TPSA) is 88.4 Å². The third-order valence-electron chi connectivity index (χ3n) is 4.89.